The minimum absolute atomic E-state index is 0.00469. The molecule has 1 aromatic heterocycles. The van der Waals surface area contributed by atoms with Gasteiger partial charge in [0.1, 0.15) is 18.1 Å². The summed E-state index contributed by atoms with van der Waals surface area (Å²) in [5.41, 5.74) is -0.875. The predicted molar refractivity (Wildman–Crippen MR) is 102 cm³/mol. The van der Waals surface area contributed by atoms with E-state index in [0.29, 0.717) is 5.75 Å². The number of carbonyl (C=O) groups is 1. The highest BCUT2D eigenvalue weighted by molar-refractivity contribution is 5.90. The van der Waals surface area contributed by atoms with Gasteiger partial charge in [-0.2, -0.15) is 0 Å². The van der Waals surface area contributed by atoms with Gasteiger partial charge >= 0.3 is 11.1 Å². The highest BCUT2D eigenvalue weighted by Crippen LogP contribution is 2.17. The molecule has 0 fully saturated rings. The lowest BCUT2D eigenvalue weighted by molar-refractivity contribution is -0.116. The summed E-state index contributed by atoms with van der Waals surface area (Å²) in [7, 11) is 1.52. The van der Waals surface area contributed by atoms with E-state index in [2.05, 4.69) is 5.32 Å². The van der Waals surface area contributed by atoms with Crippen LogP contribution >= 0.6 is 0 Å². The number of carbonyl (C=O) groups excluding carboxylic acids is 1. The van der Waals surface area contributed by atoms with Crippen molar-refractivity contribution in [2.75, 3.05) is 12.4 Å². The minimum Gasteiger partial charge on any atom is -0.496 e. The van der Waals surface area contributed by atoms with E-state index in [4.69, 9.17) is 4.74 Å². The molecule has 0 aliphatic carbocycles. The highest BCUT2D eigenvalue weighted by atomic mass is 19.1. The zero-order chi connectivity index (χ0) is 20.1. The standard InChI is InChI=1S/C20H18FN3O4/c1-28-17-9-5-2-6-14(17)12-23-10-11-24(20(27)19(23)26)13-18(25)22-16-8-4-3-7-15(16)21/h2-11H,12-13H2,1H3,(H,22,25). The molecule has 8 heteroatoms. The second-order valence-electron chi connectivity index (χ2n) is 6.00. The van der Waals surface area contributed by atoms with E-state index in [1.165, 1.54) is 42.3 Å². The molecule has 0 bridgehead atoms. The molecule has 3 rings (SSSR count). The van der Waals surface area contributed by atoms with Crippen LogP contribution in [0.2, 0.25) is 0 Å². The van der Waals surface area contributed by atoms with Crippen molar-refractivity contribution < 1.29 is 13.9 Å². The molecular formula is C20H18FN3O4. The van der Waals surface area contributed by atoms with Gasteiger partial charge in [-0.25, -0.2) is 4.39 Å². The maximum atomic E-state index is 13.6. The summed E-state index contributed by atoms with van der Waals surface area (Å²) in [6.07, 6.45) is 2.77. The summed E-state index contributed by atoms with van der Waals surface area (Å²) in [4.78, 5) is 36.8. The molecule has 0 saturated heterocycles. The van der Waals surface area contributed by atoms with Gasteiger partial charge in [0.25, 0.3) is 0 Å². The Hall–Kier alpha value is -3.68. The van der Waals surface area contributed by atoms with Crippen molar-refractivity contribution in [1.29, 1.82) is 0 Å². The molecule has 144 valence electrons. The summed E-state index contributed by atoms with van der Waals surface area (Å²) in [5.74, 6) is -0.604. The molecule has 0 unspecified atom stereocenters. The lowest BCUT2D eigenvalue weighted by atomic mass is 10.2. The first-order valence-electron chi connectivity index (χ1n) is 8.45. The number of hydrogen-bond donors (Lipinski definition) is 1. The first kappa shape index (κ1) is 19.1. The monoisotopic (exact) mass is 383 g/mol. The third-order valence-corrected chi connectivity index (χ3v) is 4.13. The maximum Gasteiger partial charge on any atom is 0.316 e. The van der Waals surface area contributed by atoms with Crippen molar-refractivity contribution >= 4 is 11.6 Å². The average Bonchev–Trinajstić information content (AvgIpc) is 2.70. The van der Waals surface area contributed by atoms with Crippen molar-refractivity contribution in [3.63, 3.8) is 0 Å². The average molecular weight is 383 g/mol. The van der Waals surface area contributed by atoms with Crippen LogP contribution in [0.5, 0.6) is 5.75 Å². The van der Waals surface area contributed by atoms with E-state index in [1.54, 1.807) is 30.3 Å². The van der Waals surface area contributed by atoms with Crippen LogP contribution < -0.4 is 21.2 Å². The lowest BCUT2D eigenvalue weighted by Gasteiger charge is -2.12. The molecule has 0 atom stereocenters. The molecule has 0 radical (unpaired) electrons. The van der Waals surface area contributed by atoms with Gasteiger partial charge in [0, 0.05) is 18.0 Å². The number of benzene rings is 2. The smallest absolute Gasteiger partial charge is 0.316 e. The second-order valence-corrected chi connectivity index (χ2v) is 6.00. The molecular weight excluding hydrogens is 365 g/mol. The van der Waals surface area contributed by atoms with E-state index in [0.717, 1.165) is 10.1 Å². The lowest BCUT2D eigenvalue weighted by Crippen LogP contribution is -2.42. The van der Waals surface area contributed by atoms with Crippen LogP contribution in [0.15, 0.2) is 70.5 Å². The maximum absolute atomic E-state index is 13.6. The molecule has 1 heterocycles. The van der Waals surface area contributed by atoms with Gasteiger partial charge < -0.3 is 14.6 Å². The van der Waals surface area contributed by atoms with E-state index in [-0.39, 0.29) is 12.2 Å². The number of halogens is 1. The zero-order valence-corrected chi connectivity index (χ0v) is 15.1. The molecule has 3 aromatic rings. The van der Waals surface area contributed by atoms with Crippen LogP contribution in [0.4, 0.5) is 10.1 Å². The number of nitrogens with one attached hydrogen (secondary N) is 1. The van der Waals surface area contributed by atoms with Gasteiger partial charge in [0.05, 0.1) is 19.3 Å². The fourth-order valence-electron chi connectivity index (χ4n) is 2.72. The normalized spacial score (nSPS) is 10.5. The zero-order valence-electron chi connectivity index (χ0n) is 15.1. The van der Waals surface area contributed by atoms with Crippen LogP contribution in [-0.4, -0.2) is 22.2 Å². The first-order chi connectivity index (χ1) is 13.5. The number of anilines is 1. The molecule has 0 aliphatic heterocycles. The third-order valence-electron chi connectivity index (χ3n) is 4.13. The number of rotatable bonds is 6. The molecule has 7 nitrogen and oxygen atoms in total. The third kappa shape index (κ3) is 4.17. The fraction of sp³-hybridized carbons (Fsp3) is 0.150. The quantitative estimate of drug-likeness (QED) is 0.659. The molecule has 0 spiro atoms. The van der Waals surface area contributed by atoms with Gasteiger partial charge in [0.15, 0.2) is 0 Å². The Morgan fingerprint density at radius 2 is 1.64 bits per heavy atom. The van der Waals surface area contributed by atoms with Crippen molar-refractivity contribution in [1.82, 2.24) is 9.13 Å². The summed E-state index contributed by atoms with van der Waals surface area (Å²) in [5, 5.41) is 2.38. The molecule has 1 amide bonds. The van der Waals surface area contributed by atoms with Gasteiger partial charge in [-0.3, -0.25) is 19.0 Å². The highest BCUT2D eigenvalue weighted by Gasteiger charge is 2.12. The van der Waals surface area contributed by atoms with Crippen LogP contribution in [0.1, 0.15) is 5.56 Å². The number of hydrogen-bond acceptors (Lipinski definition) is 4. The van der Waals surface area contributed by atoms with Crippen molar-refractivity contribution in [2.24, 2.45) is 0 Å². The van der Waals surface area contributed by atoms with Crippen molar-refractivity contribution in [3.8, 4) is 5.75 Å². The molecule has 28 heavy (non-hydrogen) atoms. The van der Waals surface area contributed by atoms with Crippen LogP contribution in [-0.2, 0) is 17.9 Å². The van der Waals surface area contributed by atoms with E-state index in [9.17, 15) is 18.8 Å². The Labute approximate surface area is 159 Å². The summed E-state index contributed by atoms with van der Waals surface area (Å²) >= 11 is 0. The molecule has 0 aliphatic rings. The van der Waals surface area contributed by atoms with Gasteiger partial charge in [-0.1, -0.05) is 30.3 Å². The molecule has 2 aromatic carbocycles. The Morgan fingerprint density at radius 3 is 2.39 bits per heavy atom. The summed E-state index contributed by atoms with van der Waals surface area (Å²) in [6, 6.07) is 12.8. The van der Waals surface area contributed by atoms with Crippen LogP contribution in [0, 0.1) is 5.82 Å². The van der Waals surface area contributed by atoms with Gasteiger partial charge in [-0.05, 0) is 18.2 Å². The van der Waals surface area contributed by atoms with E-state index >= 15 is 0 Å². The largest absolute Gasteiger partial charge is 0.496 e. The van der Waals surface area contributed by atoms with Crippen LogP contribution in [0.3, 0.4) is 0 Å². The van der Waals surface area contributed by atoms with Crippen molar-refractivity contribution in [2.45, 2.75) is 13.1 Å². The molecule has 0 saturated carbocycles. The number of amides is 1. The SMILES string of the molecule is COc1ccccc1Cn1ccn(CC(=O)Nc2ccccc2F)c(=O)c1=O. The number of nitrogens with zero attached hydrogens (tertiary/aromatic N) is 2. The molecule has 1 N–H and O–H groups in total. The van der Waals surface area contributed by atoms with Crippen molar-refractivity contribution in [3.05, 3.63) is 93.0 Å². The number of methoxy groups -OCH3 is 1. The summed E-state index contributed by atoms with van der Waals surface area (Å²) < 4.78 is 21.1. The Kier molecular flexibility index (Phi) is 5.69. The van der Waals surface area contributed by atoms with Gasteiger partial charge in [-0.15, -0.1) is 0 Å². The minimum atomic E-state index is -0.846. The fourth-order valence-corrected chi connectivity index (χ4v) is 2.72. The number of para-hydroxylation sites is 2. The topological polar surface area (TPSA) is 82.3 Å². The summed E-state index contributed by atoms with van der Waals surface area (Å²) in [6.45, 7) is -0.252. The van der Waals surface area contributed by atoms with E-state index < -0.39 is 29.4 Å². The van der Waals surface area contributed by atoms with Gasteiger partial charge in [0.2, 0.25) is 5.91 Å². The first-order valence-corrected chi connectivity index (χ1v) is 8.45. The van der Waals surface area contributed by atoms with E-state index in [1.807, 2.05) is 0 Å². The Bertz CT molecular complexity index is 1120. The second kappa shape index (κ2) is 8.34. The Morgan fingerprint density at radius 1 is 1.00 bits per heavy atom. The number of ether oxygens (including phenoxy) is 1. The predicted octanol–water partition coefficient (Wildman–Crippen LogP) is 1.84. The van der Waals surface area contributed by atoms with Crippen LogP contribution in [0.25, 0.3) is 0 Å². The Balaban J connectivity index is 1.79. The number of aromatic nitrogens is 2.